The molecule has 0 aromatic heterocycles. The Labute approximate surface area is 112 Å². The van der Waals surface area contributed by atoms with Crippen LogP contribution in [0.5, 0.6) is 0 Å². The van der Waals surface area contributed by atoms with Crippen molar-refractivity contribution in [1.82, 2.24) is 0 Å². The fourth-order valence-corrected chi connectivity index (χ4v) is 1.03. The van der Waals surface area contributed by atoms with E-state index in [1.165, 1.54) is 25.7 Å². The number of rotatable bonds is 8. The van der Waals surface area contributed by atoms with Gasteiger partial charge in [0.2, 0.25) is 0 Å². The summed E-state index contributed by atoms with van der Waals surface area (Å²) in [5, 5.41) is 19.5. The van der Waals surface area contributed by atoms with Crippen LogP contribution in [0.1, 0.15) is 65.2 Å². The summed E-state index contributed by atoms with van der Waals surface area (Å²) < 4.78 is 0. The van der Waals surface area contributed by atoms with Gasteiger partial charge >= 0.3 is 23.1 Å². The van der Waals surface area contributed by atoms with Crippen molar-refractivity contribution >= 4 is 23.1 Å². The Kier molecular flexibility index (Phi) is 33.8. The zero-order valence-electron chi connectivity index (χ0n) is 10.6. The number of unbranched alkanes of at least 4 members (excludes halogenated alkanes) is 6. The molecule has 0 aliphatic heterocycles. The summed E-state index contributed by atoms with van der Waals surface area (Å²) in [7, 11) is 0. The quantitative estimate of drug-likeness (QED) is 0.465. The fourth-order valence-electron chi connectivity index (χ4n) is 1.03. The predicted octanol–water partition coefficient (Wildman–Crippen LogP) is 1.47. The molecule has 0 amide bonds. The van der Waals surface area contributed by atoms with E-state index >= 15 is 0 Å². The topological polar surface area (TPSA) is 46.1 Å². The maximum atomic E-state index is 9.96. The van der Waals surface area contributed by atoms with Gasteiger partial charge in [0, 0.05) is 0 Å². The molecule has 15 heavy (non-hydrogen) atoms. The van der Waals surface area contributed by atoms with Crippen molar-refractivity contribution in [1.29, 1.82) is 0 Å². The summed E-state index contributed by atoms with van der Waals surface area (Å²) in [5.41, 5.74) is 0. The van der Waals surface area contributed by atoms with Crippen molar-refractivity contribution in [3.63, 3.8) is 0 Å². The van der Waals surface area contributed by atoms with E-state index in [1.54, 1.807) is 0 Å². The van der Waals surface area contributed by atoms with Crippen LogP contribution in [0.4, 0.5) is 0 Å². The molecule has 0 spiro atoms. The molecule has 0 atom stereocenters. The molecular formula is C12H26MgO2. The summed E-state index contributed by atoms with van der Waals surface area (Å²) in [4.78, 5) is 0. The van der Waals surface area contributed by atoms with E-state index in [1.807, 2.05) is 6.92 Å². The Hall–Kier alpha value is 0.686. The third-order valence-corrected chi connectivity index (χ3v) is 2.00. The summed E-state index contributed by atoms with van der Waals surface area (Å²) in [5.74, 6) is 0. The Bertz CT molecular complexity index is 72.0. The van der Waals surface area contributed by atoms with Gasteiger partial charge in [-0.2, -0.15) is 0 Å². The van der Waals surface area contributed by atoms with E-state index in [0.29, 0.717) is 0 Å². The monoisotopic (exact) mass is 226 g/mol. The third-order valence-electron chi connectivity index (χ3n) is 2.00. The second kappa shape index (κ2) is 24.1. The van der Waals surface area contributed by atoms with Crippen molar-refractivity contribution in [2.75, 3.05) is 13.2 Å². The molecular weight excluding hydrogens is 200 g/mol. The number of hydrogen-bond acceptors (Lipinski definition) is 2. The van der Waals surface area contributed by atoms with Gasteiger partial charge in [-0.15, -0.1) is 13.2 Å². The molecule has 0 saturated heterocycles. The van der Waals surface area contributed by atoms with E-state index in [2.05, 4.69) is 6.92 Å². The van der Waals surface area contributed by atoms with E-state index < -0.39 is 0 Å². The van der Waals surface area contributed by atoms with Gasteiger partial charge in [0.1, 0.15) is 0 Å². The van der Waals surface area contributed by atoms with Crippen molar-refractivity contribution in [2.45, 2.75) is 65.2 Å². The average Bonchev–Trinajstić information content (AvgIpc) is 2.20. The average molecular weight is 227 g/mol. The number of hydrogen-bond donors (Lipinski definition) is 0. The predicted molar refractivity (Wildman–Crippen MR) is 63.8 cm³/mol. The second-order valence-corrected chi connectivity index (χ2v) is 3.53. The molecule has 0 N–H and O–H groups in total. The zero-order chi connectivity index (χ0) is 11.1. The van der Waals surface area contributed by atoms with E-state index in [-0.39, 0.29) is 36.3 Å². The van der Waals surface area contributed by atoms with Crippen LogP contribution >= 0.6 is 0 Å². The Balaban J connectivity index is -0.000000208. The van der Waals surface area contributed by atoms with Gasteiger partial charge < -0.3 is 10.2 Å². The molecule has 2 nitrogen and oxygen atoms in total. The van der Waals surface area contributed by atoms with Crippen molar-refractivity contribution in [2.24, 2.45) is 0 Å². The van der Waals surface area contributed by atoms with Gasteiger partial charge in [0.25, 0.3) is 0 Å². The van der Waals surface area contributed by atoms with E-state index in [0.717, 1.165) is 25.7 Å². The first kappa shape index (κ1) is 21.0. The van der Waals surface area contributed by atoms with Gasteiger partial charge in [-0.1, -0.05) is 65.2 Å². The molecule has 3 heteroatoms. The molecule has 0 saturated carbocycles. The van der Waals surface area contributed by atoms with Crippen molar-refractivity contribution in [3.8, 4) is 0 Å². The van der Waals surface area contributed by atoms with E-state index in [9.17, 15) is 10.2 Å². The van der Waals surface area contributed by atoms with Gasteiger partial charge in [-0.3, -0.25) is 0 Å². The third kappa shape index (κ3) is 31.3. The molecule has 0 aromatic carbocycles. The first-order valence-electron chi connectivity index (χ1n) is 5.99. The first-order chi connectivity index (χ1) is 6.83. The Morgan fingerprint density at radius 1 is 0.600 bits per heavy atom. The van der Waals surface area contributed by atoms with Gasteiger partial charge in [-0.05, 0) is 0 Å². The minimum absolute atomic E-state index is 0. The molecule has 0 heterocycles. The van der Waals surface area contributed by atoms with Crippen LogP contribution in [0.2, 0.25) is 0 Å². The summed E-state index contributed by atoms with van der Waals surface area (Å²) in [6, 6.07) is 0. The molecule has 0 rings (SSSR count). The van der Waals surface area contributed by atoms with Crippen LogP contribution < -0.4 is 10.2 Å². The second-order valence-electron chi connectivity index (χ2n) is 3.53. The largest absolute Gasteiger partial charge is 2.00 e. The maximum Gasteiger partial charge on any atom is 2.00 e. The minimum atomic E-state index is 0. The minimum Gasteiger partial charge on any atom is -0.854 e. The zero-order valence-corrected chi connectivity index (χ0v) is 12.0. The van der Waals surface area contributed by atoms with Crippen LogP contribution in [0, 0.1) is 0 Å². The molecule has 0 radical (unpaired) electrons. The van der Waals surface area contributed by atoms with Crippen molar-refractivity contribution < 1.29 is 10.2 Å². The van der Waals surface area contributed by atoms with Crippen molar-refractivity contribution in [3.05, 3.63) is 0 Å². The normalized spacial score (nSPS) is 8.80. The van der Waals surface area contributed by atoms with Gasteiger partial charge in [-0.25, -0.2) is 0 Å². The van der Waals surface area contributed by atoms with Gasteiger partial charge in [0.05, 0.1) is 0 Å². The Morgan fingerprint density at radius 3 is 1.33 bits per heavy atom. The van der Waals surface area contributed by atoms with Crippen LogP contribution in [-0.2, 0) is 0 Å². The van der Waals surface area contributed by atoms with Gasteiger partial charge in [0.15, 0.2) is 0 Å². The van der Waals surface area contributed by atoms with E-state index in [4.69, 9.17) is 0 Å². The molecule has 0 aliphatic rings. The summed E-state index contributed by atoms with van der Waals surface area (Å²) in [6.07, 6.45) is 9.08. The van der Waals surface area contributed by atoms with Crippen LogP contribution in [0.25, 0.3) is 0 Å². The van der Waals surface area contributed by atoms with Crippen LogP contribution in [0.3, 0.4) is 0 Å². The molecule has 0 fully saturated rings. The standard InChI is InChI=1S/C8H17O.C4H9O.Mg/c1-2-3-4-5-6-7-8-9;1-2-3-4-5;/h2-8H2,1H3;2-4H2,1H3;/q2*-1;+2. The SMILES string of the molecule is CCCCCCCC[O-].CCCC[O-].[Mg+2]. The molecule has 0 unspecified atom stereocenters. The Morgan fingerprint density at radius 2 is 1.00 bits per heavy atom. The first-order valence-corrected chi connectivity index (χ1v) is 5.99. The summed E-state index contributed by atoms with van der Waals surface area (Å²) >= 11 is 0. The molecule has 0 bridgehead atoms. The molecule has 0 aromatic rings. The van der Waals surface area contributed by atoms with Crippen LogP contribution in [-0.4, -0.2) is 36.3 Å². The summed E-state index contributed by atoms with van der Waals surface area (Å²) in [6.45, 7) is 4.42. The maximum absolute atomic E-state index is 9.96. The molecule has 0 aliphatic carbocycles. The molecule has 88 valence electrons. The fraction of sp³-hybridized carbons (Fsp3) is 1.00. The van der Waals surface area contributed by atoms with Crippen LogP contribution in [0.15, 0.2) is 0 Å². The smallest absolute Gasteiger partial charge is 0.854 e.